The van der Waals surface area contributed by atoms with Gasteiger partial charge in [-0.1, -0.05) is 6.07 Å². The van der Waals surface area contributed by atoms with Crippen LogP contribution < -0.4 is 15.1 Å². The molecule has 2 amide bonds. The third-order valence-corrected chi connectivity index (χ3v) is 4.29. The van der Waals surface area contributed by atoms with Crippen molar-refractivity contribution in [1.82, 2.24) is 5.32 Å². The Morgan fingerprint density at radius 1 is 1.12 bits per heavy atom. The van der Waals surface area contributed by atoms with Crippen molar-refractivity contribution < 1.29 is 18.0 Å². The number of carbonyl (C=O) groups is 1. The summed E-state index contributed by atoms with van der Waals surface area (Å²) in [6.07, 6.45) is 0.580. The molecule has 0 bridgehead atoms. The van der Waals surface area contributed by atoms with Crippen LogP contribution in [-0.2, 0) is 0 Å². The largest absolute Gasteiger partial charge is 0.365 e. The number of nitrogens with one attached hydrogen (secondary N) is 1. The van der Waals surface area contributed by atoms with Crippen LogP contribution in [0.15, 0.2) is 42.5 Å². The van der Waals surface area contributed by atoms with Crippen molar-refractivity contribution in [3.05, 3.63) is 59.9 Å². The molecule has 132 valence electrons. The van der Waals surface area contributed by atoms with Crippen LogP contribution in [0.2, 0.25) is 0 Å². The van der Waals surface area contributed by atoms with Gasteiger partial charge in [-0.3, -0.25) is 4.90 Å². The second-order valence-corrected chi connectivity index (χ2v) is 5.99. The van der Waals surface area contributed by atoms with Gasteiger partial charge in [-0.2, -0.15) is 0 Å². The fraction of sp³-hybridized carbons (Fsp3) is 0.278. The zero-order valence-corrected chi connectivity index (χ0v) is 13.7. The molecule has 7 heteroatoms. The maximum absolute atomic E-state index is 13.9. The van der Waals surface area contributed by atoms with E-state index in [4.69, 9.17) is 0 Å². The number of hydrogen-bond acceptors (Lipinski definition) is 2. The smallest absolute Gasteiger partial charge is 0.321 e. The molecule has 1 N–H and O–H groups in total. The molecule has 0 saturated carbocycles. The summed E-state index contributed by atoms with van der Waals surface area (Å²) in [6, 6.07) is 8.73. The lowest BCUT2D eigenvalue weighted by Crippen LogP contribution is -2.44. The maximum atomic E-state index is 13.9. The van der Waals surface area contributed by atoms with E-state index in [0.29, 0.717) is 25.2 Å². The Labute approximate surface area is 143 Å². The molecule has 0 aromatic heterocycles. The average molecular weight is 349 g/mol. The molecular formula is C18H18F3N3O. The molecule has 1 aliphatic rings. The van der Waals surface area contributed by atoms with Gasteiger partial charge in [-0.15, -0.1) is 0 Å². The predicted molar refractivity (Wildman–Crippen MR) is 90.3 cm³/mol. The Bertz CT molecular complexity index is 746. The normalized spacial score (nSPS) is 16.8. The summed E-state index contributed by atoms with van der Waals surface area (Å²) in [5.41, 5.74) is 0.486. The van der Waals surface area contributed by atoms with E-state index in [1.54, 1.807) is 11.9 Å². The first-order chi connectivity index (χ1) is 12.0. The Kier molecular flexibility index (Phi) is 4.83. The van der Waals surface area contributed by atoms with Crippen LogP contribution in [0.1, 0.15) is 6.42 Å². The SMILES string of the molecule is CN(C(=O)NC1CCN(c2c(F)cccc2F)C1)c1ccc(F)cc1. The quantitative estimate of drug-likeness (QED) is 0.920. The van der Waals surface area contributed by atoms with Crippen LogP contribution in [0, 0.1) is 17.5 Å². The topological polar surface area (TPSA) is 35.6 Å². The van der Waals surface area contributed by atoms with E-state index in [1.807, 2.05) is 0 Å². The molecule has 1 saturated heterocycles. The molecular weight excluding hydrogens is 331 g/mol. The first-order valence-electron chi connectivity index (χ1n) is 7.94. The van der Waals surface area contributed by atoms with Gasteiger partial charge in [-0.25, -0.2) is 18.0 Å². The highest BCUT2D eigenvalue weighted by Gasteiger charge is 2.28. The number of nitrogens with zero attached hydrogens (tertiary/aromatic N) is 2. The molecule has 0 aliphatic carbocycles. The van der Waals surface area contributed by atoms with Gasteiger partial charge in [-0.05, 0) is 42.8 Å². The molecule has 1 fully saturated rings. The minimum absolute atomic E-state index is 0.0638. The first kappa shape index (κ1) is 17.1. The summed E-state index contributed by atoms with van der Waals surface area (Å²) in [4.78, 5) is 15.3. The van der Waals surface area contributed by atoms with Gasteiger partial charge in [0.15, 0.2) is 0 Å². The molecule has 1 atom stereocenters. The Balaban J connectivity index is 1.63. The van der Waals surface area contributed by atoms with Crippen molar-refractivity contribution >= 4 is 17.4 Å². The second kappa shape index (κ2) is 7.04. The van der Waals surface area contributed by atoms with Gasteiger partial charge in [0, 0.05) is 31.9 Å². The molecule has 1 heterocycles. The second-order valence-electron chi connectivity index (χ2n) is 5.99. The number of benzene rings is 2. The molecule has 0 radical (unpaired) electrons. The van der Waals surface area contributed by atoms with Crippen molar-refractivity contribution in [3.8, 4) is 0 Å². The first-order valence-corrected chi connectivity index (χ1v) is 7.94. The summed E-state index contributed by atoms with van der Waals surface area (Å²) in [5.74, 6) is -1.61. The number of urea groups is 1. The highest BCUT2D eigenvalue weighted by molar-refractivity contribution is 5.91. The number of hydrogen-bond donors (Lipinski definition) is 1. The maximum Gasteiger partial charge on any atom is 0.321 e. The van der Waals surface area contributed by atoms with Crippen molar-refractivity contribution in [2.24, 2.45) is 0 Å². The number of anilines is 2. The summed E-state index contributed by atoms with van der Waals surface area (Å²) >= 11 is 0. The monoisotopic (exact) mass is 349 g/mol. The van der Waals surface area contributed by atoms with E-state index >= 15 is 0 Å². The van der Waals surface area contributed by atoms with Crippen molar-refractivity contribution in [1.29, 1.82) is 0 Å². The lowest BCUT2D eigenvalue weighted by molar-refractivity contribution is 0.244. The standard InChI is InChI=1S/C18H18F3N3O/c1-23(14-7-5-12(19)6-8-14)18(25)22-13-9-10-24(11-13)17-15(20)3-2-4-16(17)21/h2-8,13H,9-11H2,1H3,(H,22,25). The van der Waals surface area contributed by atoms with Crippen molar-refractivity contribution in [3.63, 3.8) is 0 Å². The molecule has 2 aromatic carbocycles. The number of halogens is 3. The van der Waals surface area contributed by atoms with Crippen LogP contribution in [0.4, 0.5) is 29.3 Å². The van der Waals surface area contributed by atoms with E-state index < -0.39 is 11.6 Å². The van der Waals surface area contributed by atoms with Gasteiger partial charge in [0.25, 0.3) is 0 Å². The Hall–Kier alpha value is -2.70. The molecule has 25 heavy (non-hydrogen) atoms. The van der Waals surface area contributed by atoms with Crippen LogP contribution in [0.25, 0.3) is 0 Å². The predicted octanol–water partition coefficient (Wildman–Crippen LogP) is 3.53. The van der Waals surface area contributed by atoms with Crippen LogP contribution in [-0.4, -0.2) is 32.2 Å². The zero-order valence-electron chi connectivity index (χ0n) is 13.7. The molecule has 1 aliphatic heterocycles. The molecule has 1 unspecified atom stereocenters. The van der Waals surface area contributed by atoms with Gasteiger partial charge in [0.2, 0.25) is 0 Å². The molecule has 4 nitrogen and oxygen atoms in total. The van der Waals surface area contributed by atoms with E-state index in [0.717, 1.165) is 0 Å². The van der Waals surface area contributed by atoms with E-state index in [1.165, 1.54) is 47.4 Å². The summed E-state index contributed by atoms with van der Waals surface area (Å²) < 4.78 is 40.7. The van der Waals surface area contributed by atoms with Gasteiger partial charge in [0.1, 0.15) is 23.1 Å². The minimum atomic E-state index is -0.615. The highest BCUT2D eigenvalue weighted by atomic mass is 19.1. The molecule has 2 aromatic rings. The van der Waals surface area contributed by atoms with Crippen LogP contribution >= 0.6 is 0 Å². The molecule has 0 spiro atoms. The number of rotatable bonds is 3. The van der Waals surface area contributed by atoms with E-state index in [-0.39, 0.29) is 23.6 Å². The Morgan fingerprint density at radius 3 is 2.40 bits per heavy atom. The fourth-order valence-electron chi connectivity index (χ4n) is 2.93. The fourth-order valence-corrected chi connectivity index (χ4v) is 2.93. The van der Waals surface area contributed by atoms with Crippen LogP contribution in [0.5, 0.6) is 0 Å². The number of para-hydroxylation sites is 1. The summed E-state index contributed by atoms with van der Waals surface area (Å²) in [6.45, 7) is 0.768. The highest BCUT2D eigenvalue weighted by Crippen LogP contribution is 2.26. The third kappa shape index (κ3) is 3.70. The lowest BCUT2D eigenvalue weighted by Gasteiger charge is -2.22. The third-order valence-electron chi connectivity index (χ3n) is 4.29. The Morgan fingerprint density at radius 2 is 1.76 bits per heavy atom. The van der Waals surface area contributed by atoms with E-state index in [9.17, 15) is 18.0 Å². The summed E-state index contributed by atoms with van der Waals surface area (Å²) in [7, 11) is 1.58. The average Bonchev–Trinajstić information content (AvgIpc) is 3.02. The minimum Gasteiger partial charge on any atom is -0.365 e. The molecule has 3 rings (SSSR count). The lowest BCUT2D eigenvalue weighted by atomic mass is 10.2. The van der Waals surface area contributed by atoms with Gasteiger partial charge >= 0.3 is 6.03 Å². The number of amides is 2. The van der Waals surface area contributed by atoms with Crippen molar-refractivity contribution in [2.45, 2.75) is 12.5 Å². The van der Waals surface area contributed by atoms with Crippen molar-refractivity contribution in [2.75, 3.05) is 29.9 Å². The summed E-state index contributed by atoms with van der Waals surface area (Å²) in [5, 5.41) is 2.84. The van der Waals surface area contributed by atoms with Gasteiger partial charge < -0.3 is 10.2 Å². The van der Waals surface area contributed by atoms with E-state index in [2.05, 4.69) is 5.32 Å². The number of carbonyl (C=O) groups excluding carboxylic acids is 1. The zero-order chi connectivity index (χ0) is 18.0. The van der Waals surface area contributed by atoms with Crippen LogP contribution in [0.3, 0.4) is 0 Å². The van der Waals surface area contributed by atoms with Gasteiger partial charge in [0.05, 0.1) is 0 Å².